The molecule has 1 heterocycles. The van der Waals surface area contributed by atoms with E-state index in [9.17, 15) is 15.0 Å². The van der Waals surface area contributed by atoms with Gasteiger partial charge in [0, 0.05) is 13.0 Å². The quantitative estimate of drug-likeness (QED) is 0.274. The third-order valence-corrected chi connectivity index (χ3v) is 13.0. The van der Waals surface area contributed by atoms with Crippen molar-refractivity contribution in [2.24, 2.45) is 52.3 Å². The summed E-state index contributed by atoms with van der Waals surface area (Å²) in [5.74, 6) is 4.46. The Hall–Kier alpha value is -0.650. The second-order valence-electron chi connectivity index (χ2n) is 15.0. The van der Waals surface area contributed by atoms with Gasteiger partial charge in [-0.2, -0.15) is 0 Å². The van der Waals surface area contributed by atoms with Crippen molar-refractivity contribution in [3.63, 3.8) is 0 Å². The summed E-state index contributed by atoms with van der Waals surface area (Å²) in [6, 6.07) is 0. The molecule has 0 radical (unpaired) electrons. The predicted molar refractivity (Wildman–Crippen MR) is 153 cm³/mol. The van der Waals surface area contributed by atoms with Crippen LogP contribution in [0.2, 0.25) is 0 Å². The monoisotopic (exact) mass is 530 g/mol. The van der Waals surface area contributed by atoms with E-state index < -0.39 is 0 Å². The number of rotatable bonds is 10. The first kappa shape index (κ1) is 28.9. The van der Waals surface area contributed by atoms with E-state index >= 15 is 0 Å². The molecule has 5 rings (SSSR count). The minimum absolute atomic E-state index is 0.168. The van der Waals surface area contributed by atoms with Crippen molar-refractivity contribution in [3.8, 4) is 0 Å². The summed E-state index contributed by atoms with van der Waals surface area (Å²) in [4.78, 5) is 12.6. The van der Waals surface area contributed by atoms with Crippen molar-refractivity contribution in [1.29, 1.82) is 0 Å². The van der Waals surface area contributed by atoms with Crippen LogP contribution in [0.5, 0.6) is 0 Å². The fourth-order valence-electron chi connectivity index (χ4n) is 10.7. The number of aliphatic hydroxyl groups is 2. The van der Waals surface area contributed by atoms with E-state index in [4.69, 9.17) is 0 Å². The maximum absolute atomic E-state index is 12.6. The van der Waals surface area contributed by atoms with Gasteiger partial charge >= 0.3 is 0 Å². The number of nitrogens with one attached hydrogen (secondary N) is 2. The first-order valence-corrected chi connectivity index (χ1v) is 16.6. The van der Waals surface area contributed by atoms with Gasteiger partial charge in [-0.1, -0.05) is 33.6 Å². The topological polar surface area (TPSA) is 81.6 Å². The van der Waals surface area contributed by atoms with Crippen molar-refractivity contribution in [1.82, 2.24) is 10.6 Å². The zero-order valence-corrected chi connectivity index (χ0v) is 24.7. The second-order valence-corrected chi connectivity index (χ2v) is 15.0. The van der Waals surface area contributed by atoms with Crippen molar-refractivity contribution in [2.75, 3.05) is 19.6 Å². The largest absolute Gasteiger partial charge is 0.393 e. The molecule has 5 nitrogen and oxygen atoms in total. The van der Waals surface area contributed by atoms with Gasteiger partial charge in [0.15, 0.2) is 0 Å². The van der Waals surface area contributed by atoms with Gasteiger partial charge in [-0.05, 0) is 142 Å². The summed E-state index contributed by atoms with van der Waals surface area (Å²) in [6.45, 7) is 10.6. The minimum Gasteiger partial charge on any atom is -0.393 e. The van der Waals surface area contributed by atoms with E-state index in [1.807, 2.05) is 0 Å². The lowest BCUT2D eigenvalue weighted by molar-refractivity contribution is -0.174. The van der Waals surface area contributed by atoms with Crippen LogP contribution in [0.25, 0.3) is 0 Å². The Kier molecular flexibility index (Phi) is 9.17. The molecule has 5 heteroatoms. The molecule has 1 saturated heterocycles. The Morgan fingerprint density at radius 2 is 1.76 bits per heavy atom. The van der Waals surface area contributed by atoms with Crippen LogP contribution in [0.3, 0.4) is 0 Å². The van der Waals surface area contributed by atoms with Crippen LogP contribution in [-0.2, 0) is 4.79 Å². The van der Waals surface area contributed by atoms with Gasteiger partial charge in [0.05, 0.1) is 12.2 Å². The van der Waals surface area contributed by atoms with Crippen LogP contribution in [-0.4, -0.2) is 48.0 Å². The summed E-state index contributed by atoms with van der Waals surface area (Å²) in [7, 11) is 0. The highest BCUT2D eigenvalue weighted by molar-refractivity contribution is 5.75. The minimum atomic E-state index is -0.206. The lowest BCUT2D eigenvalue weighted by atomic mass is 9.43. The molecule has 1 unspecified atom stereocenters. The molecular weight excluding hydrogens is 472 g/mol. The van der Waals surface area contributed by atoms with E-state index in [1.165, 1.54) is 64.5 Å². The molecule has 5 aliphatic rings. The molecule has 38 heavy (non-hydrogen) atoms. The van der Waals surface area contributed by atoms with Gasteiger partial charge in [-0.25, -0.2) is 0 Å². The Morgan fingerprint density at radius 3 is 2.55 bits per heavy atom. The maximum Gasteiger partial charge on any atom is 0.220 e. The average molecular weight is 531 g/mol. The number of unbranched alkanes of at least 4 members (excludes halogenated alkanes) is 2. The molecule has 1 amide bonds. The summed E-state index contributed by atoms with van der Waals surface area (Å²) < 4.78 is 0. The number of fused-ring (bicyclic) bond motifs is 5. The first-order valence-electron chi connectivity index (χ1n) is 16.6. The SMILES string of the molecule is C[C@H](CCC(=O)NCCCCCC1CCNC1)[C@H]1CC[C@H]2[C@@H]3[C@@H](O)C[C@@H]4C[C@H](O)CC[C@]4(C)[C@H]3CC[C@]12C. The molecule has 4 saturated carbocycles. The second kappa shape index (κ2) is 12.1. The standard InChI is InChI=1S/C33H58N2O3/c1-22(8-11-30(38)35-17-6-4-5-7-23-14-18-34-21-23)26-9-10-27-31-28(13-16-33(26,27)3)32(2)15-12-25(36)19-24(32)20-29(31)37/h22-29,31,34,36-37H,4-21H2,1-3H3,(H,35,38)/t22-,23?,24+,25-,26-,27+,28+,29+,31+,32+,33-/m1/s1. The van der Waals surface area contributed by atoms with Crippen LogP contribution in [0.4, 0.5) is 0 Å². The summed E-state index contributed by atoms with van der Waals surface area (Å²) in [5, 5.41) is 28.4. The van der Waals surface area contributed by atoms with Gasteiger partial charge in [0.2, 0.25) is 5.91 Å². The smallest absolute Gasteiger partial charge is 0.220 e. The van der Waals surface area contributed by atoms with Crippen LogP contribution < -0.4 is 10.6 Å². The van der Waals surface area contributed by atoms with Crippen LogP contribution in [0, 0.1) is 52.3 Å². The van der Waals surface area contributed by atoms with Crippen molar-refractivity contribution in [3.05, 3.63) is 0 Å². The molecule has 0 bridgehead atoms. The van der Waals surface area contributed by atoms with E-state index in [2.05, 4.69) is 31.4 Å². The van der Waals surface area contributed by atoms with E-state index in [1.54, 1.807) is 0 Å². The van der Waals surface area contributed by atoms with E-state index in [0.717, 1.165) is 51.0 Å². The van der Waals surface area contributed by atoms with E-state index in [-0.39, 0.29) is 18.1 Å². The molecule has 218 valence electrons. The molecule has 0 aromatic carbocycles. The third-order valence-electron chi connectivity index (χ3n) is 13.0. The fraction of sp³-hybridized carbons (Fsp3) is 0.970. The number of hydrogen-bond acceptors (Lipinski definition) is 4. The van der Waals surface area contributed by atoms with Gasteiger partial charge in [0.1, 0.15) is 0 Å². The number of carbonyl (C=O) groups is 1. The highest BCUT2D eigenvalue weighted by Crippen LogP contribution is 2.68. The van der Waals surface area contributed by atoms with Gasteiger partial charge in [-0.15, -0.1) is 0 Å². The molecule has 4 aliphatic carbocycles. The maximum atomic E-state index is 12.6. The molecule has 0 aromatic rings. The predicted octanol–water partition coefficient (Wildman–Crippen LogP) is 5.68. The Morgan fingerprint density at radius 1 is 0.974 bits per heavy atom. The van der Waals surface area contributed by atoms with Gasteiger partial charge < -0.3 is 20.8 Å². The highest BCUT2D eigenvalue weighted by Gasteiger charge is 2.62. The lowest BCUT2D eigenvalue weighted by Gasteiger charge is -2.62. The Labute approximate surface area is 232 Å². The number of hydrogen-bond donors (Lipinski definition) is 4. The highest BCUT2D eigenvalue weighted by atomic mass is 16.3. The Balaban J connectivity index is 1.08. The Bertz CT molecular complexity index is 799. The zero-order chi connectivity index (χ0) is 26.9. The average Bonchev–Trinajstić information content (AvgIpc) is 3.53. The fourth-order valence-corrected chi connectivity index (χ4v) is 10.7. The van der Waals surface area contributed by atoms with Crippen LogP contribution in [0.1, 0.15) is 117 Å². The molecule has 11 atom stereocenters. The number of aliphatic hydroxyl groups excluding tert-OH is 2. The van der Waals surface area contributed by atoms with Crippen LogP contribution in [0.15, 0.2) is 0 Å². The molecule has 1 aliphatic heterocycles. The molecule has 4 N–H and O–H groups in total. The van der Waals surface area contributed by atoms with Crippen LogP contribution >= 0.6 is 0 Å². The van der Waals surface area contributed by atoms with Gasteiger partial charge in [-0.3, -0.25) is 4.79 Å². The number of carbonyl (C=O) groups excluding carboxylic acids is 1. The molecule has 0 spiro atoms. The van der Waals surface area contributed by atoms with Gasteiger partial charge in [0.25, 0.3) is 0 Å². The zero-order valence-electron chi connectivity index (χ0n) is 24.7. The molecular formula is C33H58N2O3. The summed E-state index contributed by atoms with van der Waals surface area (Å²) >= 11 is 0. The normalized spacial score (nSPS) is 45.2. The molecule has 0 aromatic heterocycles. The molecule has 5 fully saturated rings. The lowest BCUT2D eigenvalue weighted by Crippen LogP contribution is -2.58. The summed E-state index contributed by atoms with van der Waals surface area (Å²) in [5.41, 5.74) is 0.588. The third kappa shape index (κ3) is 5.73. The first-order chi connectivity index (χ1) is 18.2. The van der Waals surface area contributed by atoms with Crippen molar-refractivity contribution < 1.29 is 15.0 Å². The van der Waals surface area contributed by atoms with Crippen molar-refractivity contribution >= 4 is 5.91 Å². The van der Waals surface area contributed by atoms with E-state index in [0.29, 0.717) is 52.8 Å². The summed E-state index contributed by atoms with van der Waals surface area (Å²) in [6.07, 6.45) is 16.4. The number of amides is 1. The van der Waals surface area contributed by atoms with Crippen molar-refractivity contribution in [2.45, 2.75) is 129 Å².